The first-order chi connectivity index (χ1) is 8.47. The number of aromatic amines is 1. The second-order valence-electron chi connectivity index (χ2n) is 3.43. The normalized spacial score (nSPS) is 10.9. The van der Waals surface area contributed by atoms with E-state index in [2.05, 4.69) is 14.8 Å². The Bertz CT molecular complexity index is 624. The lowest BCUT2D eigenvalue weighted by Crippen LogP contribution is -2.06. The summed E-state index contributed by atoms with van der Waals surface area (Å²) in [7, 11) is 1.44. The number of nitrogens with zero attached hydrogens (tertiary/aromatic N) is 2. The Morgan fingerprint density at radius 2 is 2.22 bits per heavy atom. The Balaban J connectivity index is 2.42. The van der Waals surface area contributed by atoms with Gasteiger partial charge in [0.25, 0.3) is 0 Å². The number of aromatic nitrogens is 3. The fourth-order valence-electron chi connectivity index (χ4n) is 1.43. The van der Waals surface area contributed by atoms with Gasteiger partial charge in [0.2, 0.25) is 5.88 Å². The van der Waals surface area contributed by atoms with Crippen molar-refractivity contribution < 1.29 is 13.5 Å². The number of H-pyrrole nitrogens is 1. The molecule has 0 aliphatic heterocycles. The average molecular weight is 276 g/mol. The van der Waals surface area contributed by atoms with Gasteiger partial charge in [0.15, 0.2) is 5.43 Å². The van der Waals surface area contributed by atoms with Crippen molar-refractivity contribution in [3.8, 4) is 17.1 Å². The van der Waals surface area contributed by atoms with Crippen LogP contribution in [0.2, 0.25) is 5.15 Å². The van der Waals surface area contributed by atoms with Gasteiger partial charge < -0.3 is 9.72 Å². The molecule has 0 aliphatic carbocycles. The third-order valence-corrected chi connectivity index (χ3v) is 2.42. The molecule has 2 rings (SSSR count). The van der Waals surface area contributed by atoms with Gasteiger partial charge in [-0.3, -0.25) is 4.79 Å². The van der Waals surface area contributed by atoms with E-state index in [0.717, 1.165) is 4.68 Å². The molecule has 0 amide bonds. The summed E-state index contributed by atoms with van der Waals surface area (Å²) in [6, 6.07) is 2.43. The van der Waals surface area contributed by atoms with Gasteiger partial charge >= 0.3 is 6.61 Å². The van der Waals surface area contributed by atoms with Crippen LogP contribution in [0.15, 0.2) is 23.1 Å². The average Bonchev–Trinajstić information content (AvgIpc) is 2.59. The summed E-state index contributed by atoms with van der Waals surface area (Å²) in [6.07, 6.45) is 1.36. The second kappa shape index (κ2) is 4.77. The highest BCUT2D eigenvalue weighted by Crippen LogP contribution is 2.21. The zero-order valence-electron chi connectivity index (χ0n) is 9.15. The fourth-order valence-corrected chi connectivity index (χ4v) is 1.58. The minimum Gasteiger partial charge on any atom is -0.417 e. The van der Waals surface area contributed by atoms with Crippen molar-refractivity contribution in [1.82, 2.24) is 14.8 Å². The van der Waals surface area contributed by atoms with Gasteiger partial charge in [-0.15, -0.1) is 0 Å². The quantitative estimate of drug-likeness (QED) is 0.872. The van der Waals surface area contributed by atoms with Crippen molar-refractivity contribution in [1.29, 1.82) is 0 Å². The summed E-state index contributed by atoms with van der Waals surface area (Å²) in [4.78, 5) is 14.3. The van der Waals surface area contributed by atoms with Crippen LogP contribution in [-0.4, -0.2) is 21.4 Å². The van der Waals surface area contributed by atoms with Crippen LogP contribution >= 0.6 is 11.6 Å². The first-order valence-corrected chi connectivity index (χ1v) is 5.22. The van der Waals surface area contributed by atoms with Crippen LogP contribution in [0.4, 0.5) is 8.78 Å². The minimum absolute atomic E-state index is 0.130. The summed E-state index contributed by atoms with van der Waals surface area (Å²) in [5, 5.41) is 4.10. The van der Waals surface area contributed by atoms with Crippen LogP contribution in [0, 0.1) is 0 Å². The number of nitrogens with one attached hydrogen (secondary N) is 1. The molecular weight excluding hydrogens is 268 g/mol. The molecule has 0 fully saturated rings. The van der Waals surface area contributed by atoms with Crippen LogP contribution in [0.1, 0.15) is 0 Å². The molecule has 0 radical (unpaired) electrons. The molecule has 0 saturated heterocycles. The molecule has 2 aromatic rings. The van der Waals surface area contributed by atoms with E-state index in [1.165, 1.54) is 25.4 Å². The molecule has 5 nitrogen and oxygen atoms in total. The smallest absolute Gasteiger partial charge is 0.388 e. The van der Waals surface area contributed by atoms with E-state index in [1.54, 1.807) is 0 Å². The van der Waals surface area contributed by atoms with Crippen LogP contribution in [0.25, 0.3) is 11.3 Å². The monoisotopic (exact) mass is 275 g/mol. The highest BCUT2D eigenvalue weighted by atomic mass is 35.5. The molecule has 0 bridgehead atoms. The van der Waals surface area contributed by atoms with Crippen molar-refractivity contribution in [2.75, 3.05) is 0 Å². The summed E-state index contributed by atoms with van der Waals surface area (Å²) < 4.78 is 29.6. The van der Waals surface area contributed by atoms with Gasteiger partial charge in [0, 0.05) is 25.4 Å². The summed E-state index contributed by atoms with van der Waals surface area (Å²) in [5.74, 6) is -0.130. The third kappa shape index (κ3) is 2.51. The third-order valence-electron chi connectivity index (χ3n) is 2.20. The largest absolute Gasteiger partial charge is 0.417 e. The Labute approximate surface area is 105 Å². The van der Waals surface area contributed by atoms with Crippen molar-refractivity contribution in [3.05, 3.63) is 33.7 Å². The Kier molecular flexibility index (Phi) is 3.33. The maximum atomic E-state index is 12.1. The van der Waals surface area contributed by atoms with Crippen LogP contribution < -0.4 is 10.2 Å². The molecule has 2 aromatic heterocycles. The standard InChI is InChI=1S/C10H8ClF2N3O2/c1-16-9(18-10(12)13)2-6(15-16)5-4-14-8(11)3-7(5)17/h2-4,10H,1H3,(H,14,17). The van der Waals surface area contributed by atoms with Gasteiger partial charge in [-0.05, 0) is 0 Å². The highest BCUT2D eigenvalue weighted by molar-refractivity contribution is 6.29. The molecule has 0 spiro atoms. The van der Waals surface area contributed by atoms with Gasteiger partial charge in [-0.2, -0.15) is 13.9 Å². The van der Waals surface area contributed by atoms with E-state index >= 15 is 0 Å². The number of hydrogen-bond acceptors (Lipinski definition) is 3. The number of pyridine rings is 1. The molecule has 2 heterocycles. The molecule has 96 valence electrons. The van der Waals surface area contributed by atoms with Crippen LogP contribution in [-0.2, 0) is 7.05 Å². The number of aryl methyl sites for hydroxylation is 1. The number of alkyl halides is 2. The lowest BCUT2D eigenvalue weighted by atomic mass is 10.2. The molecule has 0 saturated carbocycles. The lowest BCUT2D eigenvalue weighted by molar-refractivity contribution is -0.0553. The van der Waals surface area contributed by atoms with E-state index in [1.807, 2.05) is 0 Å². The van der Waals surface area contributed by atoms with E-state index in [0.29, 0.717) is 0 Å². The predicted molar refractivity (Wildman–Crippen MR) is 60.9 cm³/mol. The Hall–Kier alpha value is -1.89. The molecule has 0 unspecified atom stereocenters. The van der Waals surface area contributed by atoms with Crippen LogP contribution in [0.3, 0.4) is 0 Å². The minimum atomic E-state index is -2.95. The van der Waals surface area contributed by atoms with E-state index in [-0.39, 0.29) is 27.7 Å². The fraction of sp³-hybridized carbons (Fsp3) is 0.200. The SMILES string of the molecule is Cn1nc(-c2c[nH]c(Cl)cc2=O)cc1OC(F)F. The van der Waals surface area contributed by atoms with E-state index in [4.69, 9.17) is 11.6 Å². The summed E-state index contributed by atoms with van der Waals surface area (Å²) in [6.45, 7) is -2.95. The second-order valence-corrected chi connectivity index (χ2v) is 3.84. The van der Waals surface area contributed by atoms with Gasteiger partial charge in [0.05, 0.1) is 5.56 Å². The Morgan fingerprint density at radius 3 is 2.83 bits per heavy atom. The molecule has 0 atom stereocenters. The van der Waals surface area contributed by atoms with E-state index < -0.39 is 6.61 Å². The lowest BCUT2D eigenvalue weighted by Gasteiger charge is -2.01. The van der Waals surface area contributed by atoms with Gasteiger partial charge in [-0.25, -0.2) is 4.68 Å². The predicted octanol–water partition coefficient (Wildman–Crippen LogP) is 2.03. The molecule has 1 N–H and O–H groups in total. The molecule has 8 heteroatoms. The van der Waals surface area contributed by atoms with Gasteiger partial charge in [0.1, 0.15) is 10.8 Å². The first kappa shape index (κ1) is 12.6. The topological polar surface area (TPSA) is 59.9 Å². The maximum Gasteiger partial charge on any atom is 0.388 e. The van der Waals surface area contributed by atoms with E-state index in [9.17, 15) is 13.6 Å². The molecule has 0 aliphatic rings. The highest BCUT2D eigenvalue weighted by Gasteiger charge is 2.14. The van der Waals surface area contributed by atoms with Gasteiger partial charge in [-0.1, -0.05) is 11.6 Å². The zero-order valence-corrected chi connectivity index (χ0v) is 9.91. The summed E-state index contributed by atoms with van der Waals surface area (Å²) >= 11 is 5.60. The summed E-state index contributed by atoms with van der Waals surface area (Å²) in [5.41, 5.74) is 0.0885. The molecule has 18 heavy (non-hydrogen) atoms. The number of hydrogen-bond donors (Lipinski definition) is 1. The number of rotatable bonds is 3. The van der Waals surface area contributed by atoms with Crippen molar-refractivity contribution >= 4 is 11.6 Å². The van der Waals surface area contributed by atoms with Crippen LogP contribution in [0.5, 0.6) is 5.88 Å². The first-order valence-electron chi connectivity index (χ1n) is 4.85. The number of halogens is 3. The Morgan fingerprint density at radius 1 is 1.50 bits per heavy atom. The van der Waals surface area contributed by atoms with Crippen molar-refractivity contribution in [2.24, 2.45) is 7.05 Å². The zero-order chi connectivity index (χ0) is 13.3. The molecule has 0 aromatic carbocycles. The number of ether oxygens (including phenoxy) is 1. The van der Waals surface area contributed by atoms with Crippen molar-refractivity contribution in [3.63, 3.8) is 0 Å². The maximum absolute atomic E-state index is 12.1. The van der Waals surface area contributed by atoms with Crippen molar-refractivity contribution in [2.45, 2.75) is 6.61 Å². The molecular formula is C10H8ClF2N3O2.